The molecule has 21 heavy (non-hydrogen) atoms. The maximum absolute atomic E-state index is 12.3. The minimum absolute atomic E-state index is 0.0878. The lowest BCUT2D eigenvalue weighted by molar-refractivity contribution is -0.120. The summed E-state index contributed by atoms with van der Waals surface area (Å²) < 4.78 is 17.3. The molecule has 0 unspecified atom stereocenters. The van der Waals surface area contributed by atoms with E-state index >= 15 is 0 Å². The van der Waals surface area contributed by atoms with Crippen LogP contribution in [0.2, 0.25) is 5.02 Å². The van der Waals surface area contributed by atoms with Crippen LogP contribution in [0.3, 0.4) is 0 Å². The summed E-state index contributed by atoms with van der Waals surface area (Å²) >= 11 is 5.95. The number of carbonyl (C=O) groups is 2. The van der Waals surface area contributed by atoms with Crippen molar-refractivity contribution in [1.82, 2.24) is 0 Å². The average Bonchev–Trinajstić information content (AvgIpc) is 2.74. The van der Waals surface area contributed by atoms with Crippen molar-refractivity contribution in [3.63, 3.8) is 0 Å². The second kappa shape index (κ2) is 6.26. The number of ether oxygens (including phenoxy) is 1. The van der Waals surface area contributed by atoms with Crippen LogP contribution in [0, 0.1) is 0 Å². The standard InChI is InChI=1S/C15H15ClFNO3/c1-9(2)11-8-14(19)18(15(11)20)10-3-4-12(16)13(7-10)21-6-5-17/h3-4,7H,5-6,8H2,1-2H3. The van der Waals surface area contributed by atoms with Gasteiger partial charge >= 0.3 is 0 Å². The number of anilines is 1. The molecule has 0 atom stereocenters. The van der Waals surface area contributed by atoms with E-state index in [-0.39, 0.29) is 30.6 Å². The summed E-state index contributed by atoms with van der Waals surface area (Å²) in [7, 11) is 0. The van der Waals surface area contributed by atoms with Crippen molar-refractivity contribution in [2.24, 2.45) is 0 Å². The van der Waals surface area contributed by atoms with Gasteiger partial charge in [-0.05, 0) is 26.0 Å². The molecule has 1 aromatic rings. The van der Waals surface area contributed by atoms with Gasteiger partial charge in [0, 0.05) is 11.6 Å². The first-order chi connectivity index (χ1) is 9.95. The van der Waals surface area contributed by atoms with E-state index in [2.05, 4.69) is 0 Å². The van der Waals surface area contributed by atoms with Crippen LogP contribution in [0.15, 0.2) is 29.3 Å². The molecule has 0 aliphatic carbocycles. The van der Waals surface area contributed by atoms with Crippen LogP contribution in [-0.4, -0.2) is 25.1 Å². The van der Waals surface area contributed by atoms with Crippen molar-refractivity contribution < 1.29 is 18.7 Å². The van der Waals surface area contributed by atoms with E-state index in [0.29, 0.717) is 16.3 Å². The maximum atomic E-state index is 12.3. The fourth-order valence-corrected chi connectivity index (χ4v) is 2.27. The quantitative estimate of drug-likeness (QED) is 0.633. The summed E-state index contributed by atoms with van der Waals surface area (Å²) in [5.41, 5.74) is 1.69. The van der Waals surface area contributed by atoms with Gasteiger partial charge in [-0.2, -0.15) is 0 Å². The zero-order chi connectivity index (χ0) is 15.6. The summed E-state index contributed by atoms with van der Waals surface area (Å²) in [6.07, 6.45) is 0.0878. The highest BCUT2D eigenvalue weighted by atomic mass is 35.5. The smallest absolute Gasteiger partial charge is 0.261 e. The first-order valence-electron chi connectivity index (χ1n) is 6.47. The summed E-state index contributed by atoms with van der Waals surface area (Å²) in [6.45, 7) is 2.80. The largest absolute Gasteiger partial charge is 0.489 e. The van der Waals surface area contributed by atoms with Gasteiger partial charge in [-0.3, -0.25) is 9.59 Å². The third-order valence-corrected chi connectivity index (χ3v) is 3.46. The van der Waals surface area contributed by atoms with E-state index < -0.39 is 6.67 Å². The van der Waals surface area contributed by atoms with Crippen LogP contribution in [0.5, 0.6) is 5.75 Å². The molecule has 0 saturated carbocycles. The average molecular weight is 312 g/mol. The van der Waals surface area contributed by atoms with E-state index in [1.807, 2.05) is 0 Å². The molecule has 1 aliphatic heterocycles. The minimum Gasteiger partial charge on any atom is -0.489 e. The molecule has 0 aromatic heterocycles. The van der Waals surface area contributed by atoms with Crippen molar-refractivity contribution in [3.05, 3.63) is 34.4 Å². The summed E-state index contributed by atoms with van der Waals surface area (Å²) in [5, 5.41) is 0.300. The van der Waals surface area contributed by atoms with E-state index in [1.165, 1.54) is 12.1 Å². The van der Waals surface area contributed by atoms with Gasteiger partial charge in [0.05, 0.1) is 17.1 Å². The molecule has 1 aliphatic rings. The zero-order valence-corrected chi connectivity index (χ0v) is 12.5. The number of benzene rings is 1. The molecule has 0 bridgehead atoms. The number of nitrogens with zero attached hydrogens (tertiary/aromatic N) is 1. The number of imide groups is 1. The van der Waals surface area contributed by atoms with Gasteiger partial charge in [-0.25, -0.2) is 9.29 Å². The molecule has 1 saturated heterocycles. The van der Waals surface area contributed by atoms with Crippen LogP contribution < -0.4 is 9.64 Å². The Morgan fingerprint density at radius 1 is 1.38 bits per heavy atom. The molecule has 4 nitrogen and oxygen atoms in total. The van der Waals surface area contributed by atoms with E-state index in [4.69, 9.17) is 16.3 Å². The van der Waals surface area contributed by atoms with E-state index in [0.717, 1.165) is 10.5 Å². The third kappa shape index (κ3) is 3.08. The Labute approximate surface area is 127 Å². The van der Waals surface area contributed by atoms with Crippen LogP contribution in [-0.2, 0) is 9.59 Å². The normalized spacial score (nSPS) is 14.9. The van der Waals surface area contributed by atoms with Gasteiger partial charge in [0.25, 0.3) is 5.91 Å². The first kappa shape index (κ1) is 15.5. The number of alkyl halides is 1. The predicted octanol–water partition coefficient (Wildman–Crippen LogP) is 3.29. The van der Waals surface area contributed by atoms with Crippen molar-refractivity contribution in [2.75, 3.05) is 18.2 Å². The highest BCUT2D eigenvalue weighted by Gasteiger charge is 2.35. The van der Waals surface area contributed by atoms with Crippen LogP contribution in [0.4, 0.5) is 10.1 Å². The highest BCUT2D eigenvalue weighted by molar-refractivity contribution is 6.32. The summed E-state index contributed by atoms with van der Waals surface area (Å²) in [4.78, 5) is 25.4. The molecule has 6 heteroatoms. The predicted molar refractivity (Wildman–Crippen MR) is 78.4 cm³/mol. The number of hydrogen-bond acceptors (Lipinski definition) is 3. The van der Waals surface area contributed by atoms with E-state index in [1.54, 1.807) is 19.9 Å². The lowest BCUT2D eigenvalue weighted by atomic mass is 10.1. The molecule has 0 radical (unpaired) electrons. The first-order valence-corrected chi connectivity index (χ1v) is 6.85. The summed E-state index contributed by atoms with van der Waals surface area (Å²) in [5.74, 6) is -0.383. The topological polar surface area (TPSA) is 46.6 Å². The van der Waals surface area contributed by atoms with Crippen molar-refractivity contribution >= 4 is 29.1 Å². The monoisotopic (exact) mass is 311 g/mol. The number of allylic oxidation sites excluding steroid dienone is 1. The fraction of sp³-hybridized carbons (Fsp3) is 0.333. The Balaban J connectivity index is 2.36. The second-order valence-corrected chi connectivity index (χ2v) is 5.25. The molecule has 1 fully saturated rings. The highest BCUT2D eigenvalue weighted by Crippen LogP contribution is 2.33. The van der Waals surface area contributed by atoms with Crippen molar-refractivity contribution in [3.8, 4) is 5.75 Å². The summed E-state index contributed by atoms with van der Waals surface area (Å²) in [6, 6.07) is 4.56. The molecule has 0 N–H and O–H groups in total. The Morgan fingerprint density at radius 3 is 2.67 bits per heavy atom. The number of rotatable bonds is 4. The number of halogens is 2. The molecule has 2 amide bonds. The van der Waals surface area contributed by atoms with Gasteiger partial charge in [0.15, 0.2) is 0 Å². The minimum atomic E-state index is -0.649. The van der Waals surface area contributed by atoms with Crippen LogP contribution >= 0.6 is 11.6 Å². The van der Waals surface area contributed by atoms with E-state index in [9.17, 15) is 14.0 Å². The third-order valence-electron chi connectivity index (χ3n) is 3.15. The van der Waals surface area contributed by atoms with Crippen molar-refractivity contribution in [2.45, 2.75) is 20.3 Å². The Hall–Kier alpha value is -1.88. The van der Waals surface area contributed by atoms with Crippen molar-refractivity contribution in [1.29, 1.82) is 0 Å². The molecule has 1 heterocycles. The van der Waals surface area contributed by atoms with Crippen LogP contribution in [0.25, 0.3) is 0 Å². The van der Waals surface area contributed by atoms with Gasteiger partial charge in [0.1, 0.15) is 19.0 Å². The van der Waals surface area contributed by atoms with Gasteiger partial charge < -0.3 is 4.74 Å². The molecular weight excluding hydrogens is 297 g/mol. The Morgan fingerprint density at radius 2 is 2.10 bits per heavy atom. The molecule has 0 spiro atoms. The molecule has 1 aromatic carbocycles. The second-order valence-electron chi connectivity index (χ2n) is 4.84. The lowest BCUT2D eigenvalue weighted by Crippen LogP contribution is -2.29. The van der Waals surface area contributed by atoms with Gasteiger partial charge in [-0.15, -0.1) is 0 Å². The molecule has 2 rings (SSSR count). The number of hydrogen-bond donors (Lipinski definition) is 0. The van der Waals surface area contributed by atoms with Crippen LogP contribution in [0.1, 0.15) is 20.3 Å². The number of carbonyl (C=O) groups excluding carboxylic acids is 2. The Kier molecular flexibility index (Phi) is 4.63. The number of amides is 2. The fourth-order valence-electron chi connectivity index (χ4n) is 2.10. The lowest BCUT2D eigenvalue weighted by Gasteiger charge is -2.16. The van der Waals surface area contributed by atoms with Gasteiger partial charge in [-0.1, -0.05) is 17.2 Å². The molecular formula is C15H15ClFNO3. The SMILES string of the molecule is CC(C)=C1CC(=O)N(c2ccc(Cl)c(OCCF)c2)C1=O. The van der Waals surface area contributed by atoms with Gasteiger partial charge in [0.2, 0.25) is 5.91 Å². The molecule has 112 valence electrons. The Bertz CT molecular complexity index is 623. The zero-order valence-electron chi connectivity index (χ0n) is 11.8. The maximum Gasteiger partial charge on any atom is 0.261 e.